The van der Waals surface area contributed by atoms with Crippen LogP contribution < -0.4 is 5.32 Å². The quantitative estimate of drug-likeness (QED) is 0.914. The SMILES string of the molecule is CNCCc1c(C)nn(Cc2cccc(Cl)c2Cl)c1C. The van der Waals surface area contributed by atoms with Crippen molar-refractivity contribution in [2.75, 3.05) is 13.6 Å². The Morgan fingerprint density at radius 1 is 1.25 bits per heavy atom. The summed E-state index contributed by atoms with van der Waals surface area (Å²) in [6, 6.07) is 5.70. The van der Waals surface area contributed by atoms with Crippen LogP contribution in [0.25, 0.3) is 0 Å². The van der Waals surface area contributed by atoms with E-state index >= 15 is 0 Å². The summed E-state index contributed by atoms with van der Waals surface area (Å²) in [6.45, 7) is 5.74. The normalized spacial score (nSPS) is 11.1. The van der Waals surface area contributed by atoms with E-state index in [9.17, 15) is 0 Å². The molecule has 0 saturated carbocycles. The summed E-state index contributed by atoms with van der Waals surface area (Å²) < 4.78 is 2.00. The zero-order chi connectivity index (χ0) is 14.7. The summed E-state index contributed by atoms with van der Waals surface area (Å²) in [6.07, 6.45) is 0.984. The lowest BCUT2D eigenvalue weighted by molar-refractivity contribution is 0.657. The van der Waals surface area contributed by atoms with E-state index in [4.69, 9.17) is 23.2 Å². The van der Waals surface area contributed by atoms with Crippen LogP contribution in [0.2, 0.25) is 10.0 Å². The number of benzene rings is 1. The van der Waals surface area contributed by atoms with Gasteiger partial charge in [-0.05, 0) is 51.1 Å². The number of halogens is 2. The third kappa shape index (κ3) is 3.17. The molecule has 0 spiro atoms. The van der Waals surface area contributed by atoms with E-state index in [1.165, 1.54) is 11.3 Å². The highest BCUT2D eigenvalue weighted by Crippen LogP contribution is 2.26. The third-order valence-electron chi connectivity index (χ3n) is 3.51. The van der Waals surface area contributed by atoms with E-state index in [-0.39, 0.29) is 0 Å². The molecule has 1 aromatic heterocycles. The first-order valence-corrected chi connectivity index (χ1v) is 7.40. The van der Waals surface area contributed by atoms with Crippen molar-refractivity contribution in [3.05, 3.63) is 50.8 Å². The predicted octanol–water partition coefficient (Wildman–Crippen LogP) is 3.62. The predicted molar refractivity (Wildman–Crippen MR) is 84.9 cm³/mol. The molecule has 0 aliphatic carbocycles. The molecule has 2 rings (SSSR count). The second-order valence-electron chi connectivity index (χ2n) is 4.87. The number of hydrogen-bond donors (Lipinski definition) is 1. The first-order chi connectivity index (χ1) is 9.54. The molecule has 5 heteroatoms. The van der Waals surface area contributed by atoms with Crippen molar-refractivity contribution in [1.29, 1.82) is 0 Å². The van der Waals surface area contributed by atoms with Gasteiger partial charge < -0.3 is 5.32 Å². The summed E-state index contributed by atoms with van der Waals surface area (Å²) in [5.74, 6) is 0. The van der Waals surface area contributed by atoms with Crippen LogP contribution in [-0.2, 0) is 13.0 Å². The van der Waals surface area contributed by atoms with Gasteiger partial charge in [0.15, 0.2) is 0 Å². The monoisotopic (exact) mass is 311 g/mol. The van der Waals surface area contributed by atoms with E-state index in [2.05, 4.69) is 17.3 Å². The Bertz CT molecular complexity index is 605. The first kappa shape index (κ1) is 15.4. The topological polar surface area (TPSA) is 29.9 Å². The second-order valence-corrected chi connectivity index (χ2v) is 5.66. The van der Waals surface area contributed by atoms with Crippen molar-refractivity contribution in [3.8, 4) is 0 Å². The lowest BCUT2D eigenvalue weighted by atomic mass is 10.1. The molecule has 0 amide bonds. The standard InChI is InChI=1S/C15H19Cl2N3/c1-10-13(7-8-18-3)11(2)20(19-10)9-12-5-4-6-14(16)15(12)17/h4-6,18H,7-9H2,1-3H3. The average molecular weight is 312 g/mol. The van der Waals surface area contributed by atoms with E-state index in [1.807, 2.05) is 30.8 Å². The molecule has 0 aliphatic heterocycles. The van der Waals surface area contributed by atoms with Gasteiger partial charge in [-0.15, -0.1) is 0 Å². The van der Waals surface area contributed by atoms with Gasteiger partial charge in [0.2, 0.25) is 0 Å². The van der Waals surface area contributed by atoms with Crippen LogP contribution in [0.1, 0.15) is 22.5 Å². The summed E-state index contributed by atoms with van der Waals surface area (Å²) >= 11 is 12.3. The Morgan fingerprint density at radius 2 is 2.00 bits per heavy atom. The molecule has 0 saturated heterocycles. The van der Waals surface area contributed by atoms with Gasteiger partial charge >= 0.3 is 0 Å². The van der Waals surface area contributed by atoms with Crippen LogP contribution in [0, 0.1) is 13.8 Å². The summed E-state index contributed by atoms with van der Waals surface area (Å²) in [5.41, 5.74) is 4.56. The van der Waals surface area contributed by atoms with E-state index in [1.54, 1.807) is 6.07 Å². The summed E-state index contributed by atoms with van der Waals surface area (Å²) in [5, 5.41) is 8.98. The van der Waals surface area contributed by atoms with Crippen molar-refractivity contribution in [1.82, 2.24) is 15.1 Å². The maximum Gasteiger partial charge on any atom is 0.0677 e. The smallest absolute Gasteiger partial charge is 0.0677 e. The van der Waals surface area contributed by atoms with Gasteiger partial charge in [-0.2, -0.15) is 5.10 Å². The number of aryl methyl sites for hydroxylation is 1. The molecule has 0 fully saturated rings. The maximum absolute atomic E-state index is 6.24. The molecule has 0 aliphatic rings. The van der Waals surface area contributed by atoms with Gasteiger partial charge in [0, 0.05) is 5.69 Å². The average Bonchev–Trinajstić information content (AvgIpc) is 2.68. The largest absolute Gasteiger partial charge is 0.319 e. The van der Waals surface area contributed by atoms with Gasteiger partial charge in [-0.25, -0.2) is 0 Å². The van der Waals surface area contributed by atoms with Crippen LogP contribution >= 0.6 is 23.2 Å². The Balaban J connectivity index is 2.28. The number of aromatic nitrogens is 2. The molecule has 0 atom stereocenters. The fourth-order valence-electron chi connectivity index (χ4n) is 2.33. The van der Waals surface area contributed by atoms with Gasteiger partial charge in [0.1, 0.15) is 0 Å². The van der Waals surface area contributed by atoms with Gasteiger partial charge in [-0.1, -0.05) is 35.3 Å². The van der Waals surface area contributed by atoms with Crippen LogP contribution in [0.4, 0.5) is 0 Å². The van der Waals surface area contributed by atoms with Crippen molar-refractivity contribution < 1.29 is 0 Å². The molecule has 0 radical (unpaired) electrons. The molecule has 3 nitrogen and oxygen atoms in total. The van der Waals surface area contributed by atoms with Gasteiger partial charge in [-0.3, -0.25) is 4.68 Å². The molecular weight excluding hydrogens is 293 g/mol. The Kier molecular flexibility index (Phi) is 5.08. The lowest BCUT2D eigenvalue weighted by Crippen LogP contribution is -2.11. The minimum atomic E-state index is 0.584. The highest BCUT2D eigenvalue weighted by molar-refractivity contribution is 6.42. The number of nitrogens with zero attached hydrogens (tertiary/aromatic N) is 2. The minimum absolute atomic E-state index is 0.584. The maximum atomic E-state index is 6.24. The van der Waals surface area contributed by atoms with Crippen LogP contribution in [-0.4, -0.2) is 23.4 Å². The van der Waals surface area contributed by atoms with Crippen molar-refractivity contribution >= 4 is 23.2 Å². The highest BCUT2D eigenvalue weighted by atomic mass is 35.5. The number of rotatable bonds is 5. The molecule has 1 N–H and O–H groups in total. The molecule has 108 valence electrons. The number of likely N-dealkylation sites (N-methyl/N-ethyl adjacent to an activating group) is 1. The summed E-state index contributed by atoms with van der Waals surface area (Å²) in [7, 11) is 1.96. The van der Waals surface area contributed by atoms with Gasteiger partial charge in [0.25, 0.3) is 0 Å². The fourth-order valence-corrected chi connectivity index (χ4v) is 2.71. The molecule has 0 bridgehead atoms. The highest BCUT2D eigenvalue weighted by Gasteiger charge is 2.13. The van der Waals surface area contributed by atoms with Crippen LogP contribution in [0.3, 0.4) is 0 Å². The zero-order valence-electron chi connectivity index (χ0n) is 12.0. The van der Waals surface area contributed by atoms with Crippen molar-refractivity contribution in [2.45, 2.75) is 26.8 Å². The Labute approximate surface area is 129 Å². The molecule has 2 aromatic rings. The minimum Gasteiger partial charge on any atom is -0.319 e. The molecule has 1 heterocycles. The lowest BCUT2D eigenvalue weighted by Gasteiger charge is -2.08. The van der Waals surface area contributed by atoms with Crippen molar-refractivity contribution in [3.63, 3.8) is 0 Å². The van der Waals surface area contributed by atoms with E-state index in [0.717, 1.165) is 24.2 Å². The first-order valence-electron chi connectivity index (χ1n) is 6.65. The Morgan fingerprint density at radius 3 is 2.70 bits per heavy atom. The van der Waals surface area contributed by atoms with Crippen LogP contribution in [0.5, 0.6) is 0 Å². The molecule has 0 unspecified atom stereocenters. The molecular formula is C15H19Cl2N3. The number of nitrogens with one attached hydrogen (secondary N) is 1. The third-order valence-corrected chi connectivity index (χ3v) is 4.37. The zero-order valence-corrected chi connectivity index (χ0v) is 13.5. The molecule has 1 aromatic carbocycles. The Hall–Kier alpha value is -1.03. The van der Waals surface area contributed by atoms with Crippen molar-refractivity contribution in [2.24, 2.45) is 0 Å². The van der Waals surface area contributed by atoms with Crippen LogP contribution in [0.15, 0.2) is 18.2 Å². The van der Waals surface area contributed by atoms with Gasteiger partial charge in [0.05, 0.1) is 22.3 Å². The summed E-state index contributed by atoms with van der Waals surface area (Å²) in [4.78, 5) is 0. The molecule has 20 heavy (non-hydrogen) atoms. The van der Waals surface area contributed by atoms with E-state index < -0.39 is 0 Å². The fraction of sp³-hybridized carbons (Fsp3) is 0.400. The van der Waals surface area contributed by atoms with E-state index in [0.29, 0.717) is 16.6 Å². The number of hydrogen-bond acceptors (Lipinski definition) is 2. The second kappa shape index (κ2) is 6.61.